The lowest BCUT2D eigenvalue weighted by atomic mass is 9.93. The van der Waals surface area contributed by atoms with Gasteiger partial charge in [-0.05, 0) is 92.9 Å². The number of nitrogens with one attached hydrogen (secondary N) is 1. The van der Waals surface area contributed by atoms with E-state index in [0.29, 0.717) is 5.56 Å². The molecule has 8 nitrogen and oxygen atoms in total. The van der Waals surface area contributed by atoms with E-state index < -0.39 is 69.4 Å². The van der Waals surface area contributed by atoms with Crippen molar-refractivity contribution in [1.29, 1.82) is 0 Å². The molecule has 0 aliphatic carbocycles. The molecule has 18 heteroatoms. The summed E-state index contributed by atoms with van der Waals surface area (Å²) in [6, 6.07) is 14.6. The number of ether oxygens (including phenoxy) is 1. The Labute approximate surface area is 292 Å². The SMILES string of the molecule is CC(C)(N[C@@H]1C[C@H](c2cccc(OC(F)(F)F)c2)N(c2ccc(C(F)(F)F)cc2)C1=O)c1ccc(C(F)(F)F)nc1.Cc1ccc(S(=O)(=O)O)cc1. The van der Waals surface area contributed by atoms with Crippen molar-refractivity contribution in [2.45, 2.75) is 68.4 Å². The molecule has 1 saturated heterocycles. The van der Waals surface area contributed by atoms with Crippen molar-refractivity contribution in [3.05, 3.63) is 119 Å². The van der Waals surface area contributed by atoms with Crippen LogP contribution in [0.5, 0.6) is 5.75 Å². The lowest BCUT2D eigenvalue weighted by Gasteiger charge is -2.30. The van der Waals surface area contributed by atoms with Crippen molar-refractivity contribution in [1.82, 2.24) is 10.3 Å². The number of anilines is 1. The van der Waals surface area contributed by atoms with Crippen molar-refractivity contribution in [2.24, 2.45) is 0 Å². The molecule has 0 radical (unpaired) electrons. The third-order valence-corrected chi connectivity index (χ3v) is 8.75. The van der Waals surface area contributed by atoms with Gasteiger partial charge in [0.25, 0.3) is 10.1 Å². The Morgan fingerprint density at radius 1 is 0.827 bits per heavy atom. The molecule has 5 rings (SSSR count). The number of alkyl halides is 9. The third kappa shape index (κ3) is 10.2. The van der Waals surface area contributed by atoms with Crippen LogP contribution >= 0.6 is 0 Å². The van der Waals surface area contributed by atoms with Crippen molar-refractivity contribution in [2.75, 3.05) is 4.90 Å². The molecule has 3 aromatic carbocycles. The number of carbonyl (C=O) groups is 1. The highest BCUT2D eigenvalue weighted by Gasteiger charge is 2.44. The number of benzene rings is 3. The lowest BCUT2D eigenvalue weighted by molar-refractivity contribution is -0.274. The summed E-state index contributed by atoms with van der Waals surface area (Å²) in [7, 11) is -4.02. The smallest absolute Gasteiger partial charge is 0.406 e. The highest BCUT2D eigenvalue weighted by Crippen LogP contribution is 2.41. The molecule has 0 saturated carbocycles. The number of hydrogen-bond acceptors (Lipinski definition) is 6. The Morgan fingerprint density at radius 2 is 1.42 bits per heavy atom. The van der Waals surface area contributed by atoms with Gasteiger partial charge in [-0.1, -0.05) is 35.9 Å². The Kier molecular flexibility index (Phi) is 11.4. The fraction of sp³-hybridized carbons (Fsp3) is 0.294. The predicted octanol–water partition coefficient (Wildman–Crippen LogP) is 8.63. The van der Waals surface area contributed by atoms with Crippen LogP contribution in [0.4, 0.5) is 45.2 Å². The summed E-state index contributed by atoms with van der Waals surface area (Å²) in [5.41, 5.74) is -1.63. The molecule has 1 amide bonds. The van der Waals surface area contributed by atoms with E-state index in [1.54, 1.807) is 26.0 Å². The van der Waals surface area contributed by atoms with Crippen LogP contribution in [0, 0.1) is 6.92 Å². The molecule has 1 aromatic heterocycles. The summed E-state index contributed by atoms with van der Waals surface area (Å²) in [4.78, 5) is 18.2. The number of hydrogen-bond donors (Lipinski definition) is 2. The van der Waals surface area contributed by atoms with Crippen LogP contribution in [-0.4, -0.2) is 36.3 Å². The first kappa shape index (κ1) is 40.1. The van der Waals surface area contributed by atoms with Gasteiger partial charge in [-0.3, -0.25) is 19.6 Å². The minimum Gasteiger partial charge on any atom is -0.406 e. The number of rotatable bonds is 7. The van der Waals surface area contributed by atoms with E-state index in [0.717, 1.165) is 54.2 Å². The van der Waals surface area contributed by atoms with Crippen molar-refractivity contribution < 1.29 is 62.0 Å². The summed E-state index contributed by atoms with van der Waals surface area (Å²) >= 11 is 0. The molecule has 280 valence electrons. The van der Waals surface area contributed by atoms with Crippen LogP contribution in [0.2, 0.25) is 0 Å². The number of carbonyl (C=O) groups excluding carboxylic acids is 1. The van der Waals surface area contributed by atoms with Crippen LogP contribution in [0.25, 0.3) is 0 Å². The van der Waals surface area contributed by atoms with Crippen LogP contribution in [-0.2, 0) is 32.8 Å². The fourth-order valence-electron chi connectivity index (χ4n) is 5.35. The number of amides is 1. The van der Waals surface area contributed by atoms with Crippen LogP contribution in [0.15, 0.2) is 96.0 Å². The average molecular weight is 764 g/mol. The molecule has 0 spiro atoms. The molecular weight excluding hydrogens is 733 g/mol. The number of aryl methyl sites for hydroxylation is 1. The molecule has 0 bridgehead atoms. The van der Waals surface area contributed by atoms with E-state index >= 15 is 0 Å². The fourth-order valence-corrected chi connectivity index (χ4v) is 5.83. The van der Waals surface area contributed by atoms with Gasteiger partial charge in [-0.15, -0.1) is 13.2 Å². The Hall–Kier alpha value is -4.68. The second kappa shape index (κ2) is 14.7. The van der Waals surface area contributed by atoms with Crippen LogP contribution < -0.4 is 15.0 Å². The molecule has 2 N–H and O–H groups in total. The van der Waals surface area contributed by atoms with E-state index in [4.69, 9.17) is 4.55 Å². The van der Waals surface area contributed by atoms with Gasteiger partial charge in [0.2, 0.25) is 5.91 Å². The quantitative estimate of drug-likeness (QED) is 0.143. The zero-order valence-electron chi connectivity index (χ0n) is 27.3. The van der Waals surface area contributed by atoms with E-state index in [2.05, 4.69) is 15.0 Å². The van der Waals surface area contributed by atoms with Gasteiger partial charge in [0, 0.05) is 17.4 Å². The number of pyridine rings is 1. The van der Waals surface area contributed by atoms with Gasteiger partial charge in [0.15, 0.2) is 0 Å². The van der Waals surface area contributed by atoms with E-state index in [1.807, 2.05) is 6.92 Å². The van der Waals surface area contributed by atoms with Gasteiger partial charge in [-0.25, -0.2) is 0 Å². The number of aromatic nitrogens is 1. The zero-order chi connectivity index (χ0) is 38.9. The summed E-state index contributed by atoms with van der Waals surface area (Å²) in [6.45, 7) is 5.03. The zero-order valence-corrected chi connectivity index (χ0v) is 28.1. The summed E-state index contributed by atoms with van der Waals surface area (Å²) in [6.07, 6.45) is -13.3. The largest absolute Gasteiger partial charge is 0.573 e. The topological polar surface area (TPSA) is 109 Å². The normalized spacial score (nSPS) is 17.1. The van der Waals surface area contributed by atoms with Gasteiger partial charge >= 0.3 is 18.7 Å². The first-order valence-electron chi connectivity index (χ1n) is 15.1. The van der Waals surface area contributed by atoms with Crippen LogP contribution in [0.3, 0.4) is 0 Å². The molecule has 0 unspecified atom stereocenters. The average Bonchev–Trinajstić information content (AvgIpc) is 3.34. The number of halogens is 9. The highest BCUT2D eigenvalue weighted by atomic mass is 32.2. The van der Waals surface area contributed by atoms with Crippen molar-refractivity contribution >= 4 is 21.7 Å². The maximum absolute atomic E-state index is 13.6. The molecule has 2 heterocycles. The predicted molar refractivity (Wildman–Crippen MR) is 170 cm³/mol. The van der Waals surface area contributed by atoms with Gasteiger partial charge in [0.05, 0.1) is 22.5 Å². The Balaban J connectivity index is 0.000000470. The van der Waals surface area contributed by atoms with E-state index in [9.17, 15) is 52.7 Å². The molecule has 2 atom stereocenters. The monoisotopic (exact) mass is 763 g/mol. The molecule has 1 aliphatic rings. The van der Waals surface area contributed by atoms with E-state index in [-0.39, 0.29) is 22.6 Å². The molecule has 4 aromatic rings. The molecule has 1 fully saturated rings. The van der Waals surface area contributed by atoms with Crippen LogP contribution in [0.1, 0.15) is 54.3 Å². The maximum Gasteiger partial charge on any atom is 0.573 e. The summed E-state index contributed by atoms with van der Waals surface area (Å²) < 4.78 is 150. The maximum atomic E-state index is 13.6. The Morgan fingerprint density at radius 3 is 1.92 bits per heavy atom. The molecular formula is C34H30F9N3O5S. The minimum absolute atomic E-state index is 0.0349. The van der Waals surface area contributed by atoms with E-state index in [1.165, 1.54) is 35.2 Å². The Bertz CT molecular complexity index is 1960. The third-order valence-electron chi connectivity index (χ3n) is 7.88. The molecule has 1 aliphatic heterocycles. The lowest BCUT2D eigenvalue weighted by Crippen LogP contribution is -2.47. The second-order valence-electron chi connectivity index (χ2n) is 12.2. The standard InChI is InChI=1S/C27H22F9N3O2.C7H8O3S/c1-24(2,17-8-11-22(37-14-17)26(31,32)33)38-20-13-21(15-4-3-5-19(12-15)41-27(34,35)36)39(23(20)40)18-9-6-16(7-10-18)25(28,29)30;1-6-2-4-7(5-3-6)11(8,9)10/h3-12,14,20-21,38H,13H2,1-2H3;2-5H,1H3,(H,8,9,10)/t20-,21-;/m1./s1. The van der Waals surface area contributed by atoms with Crippen molar-refractivity contribution in [3.8, 4) is 5.75 Å². The summed E-state index contributed by atoms with van der Waals surface area (Å²) in [5, 5.41) is 3.06. The highest BCUT2D eigenvalue weighted by molar-refractivity contribution is 7.85. The van der Waals surface area contributed by atoms with Gasteiger partial charge in [0.1, 0.15) is 11.4 Å². The summed E-state index contributed by atoms with van der Waals surface area (Å²) in [5.74, 6) is -1.16. The van der Waals surface area contributed by atoms with Gasteiger partial charge < -0.3 is 9.64 Å². The molecule has 52 heavy (non-hydrogen) atoms. The van der Waals surface area contributed by atoms with Crippen molar-refractivity contribution in [3.63, 3.8) is 0 Å². The van der Waals surface area contributed by atoms with Gasteiger partial charge in [-0.2, -0.15) is 34.8 Å². The first-order valence-corrected chi connectivity index (χ1v) is 16.5. The first-order chi connectivity index (χ1) is 23.8. The number of nitrogens with zero attached hydrogens (tertiary/aromatic N) is 2. The second-order valence-corrected chi connectivity index (χ2v) is 13.6. The minimum atomic E-state index is -4.99.